The van der Waals surface area contributed by atoms with Crippen molar-refractivity contribution in [2.24, 2.45) is 0 Å². The van der Waals surface area contributed by atoms with Crippen molar-refractivity contribution < 1.29 is 19.0 Å². The number of hydrogen-bond acceptors (Lipinski definition) is 5. The number of carbonyl (C=O) groups excluding carboxylic acids is 1. The summed E-state index contributed by atoms with van der Waals surface area (Å²) >= 11 is 0. The average Bonchev–Trinajstić information content (AvgIpc) is 3.11. The quantitative estimate of drug-likeness (QED) is 0.801. The van der Waals surface area contributed by atoms with Gasteiger partial charge in [0.05, 0.1) is 7.11 Å². The molecule has 0 fully saturated rings. The van der Waals surface area contributed by atoms with Gasteiger partial charge in [-0.3, -0.25) is 9.69 Å². The molecule has 5 heteroatoms. The Hall–Kier alpha value is -2.53. The van der Waals surface area contributed by atoms with E-state index in [2.05, 4.69) is 11.9 Å². The Morgan fingerprint density at radius 3 is 2.84 bits per heavy atom. The molecule has 5 nitrogen and oxygen atoms in total. The Kier molecular flexibility index (Phi) is 4.09. The highest BCUT2D eigenvalue weighted by Gasteiger charge is 2.35. The molecule has 2 heterocycles. The van der Waals surface area contributed by atoms with Crippen LogP contribution >= 0.6 is 0 Å². The molecule has 0 saturated heterocycles. The second-order valence-electron chi connectivity index (χ2n) is 6.46. The molecule has 25 heavy (non-hydrogen) atoms. The highest BCUT2D eigenvalue weighted by molar-refractivity contribution is 5.96. The number of likely N-dealkylation sites (N-methyl/N-ethyl adjacent to an activating group) is 1. The maximum absolute atomic E-state index is 12.8. The van der Waals surface area contributed by atoms with Gasteiger partial charge in [0, 0.05) is 30.1 Å². The van der Waals surface area contributed by atoms with Gasteiger partial charge >= 0.3 is 0 Å². The van der Waals surface area contributed by atoms with Crippen molar-refractivity contribution in [3.05, 3.63) is 53.1 Å². The number of methoxy groups -OCH3 is 1. The molecule has 2 aromatic rings. The molecule has 2 aromatic carbocycles. The van der Waals surface area contributed by atoms with E-state index in [0.29, 0.717) is 17.9 Å². The fourth-order valence-corrected chi connectivity index (χ4v) is 3.70. The Labute approximate surface area is 147 Å². The second kappa shape index (κ2) is 6.41. The fraction of sp³-hybridized carbons (Fsp3) is 0.350. The molecular formula is C20H21NO4. The van der Waals surface area contributed by atoms with Crippen LogP contribution in [0.2, 0.25) is 0 Å². The van der Waals surface area contributed by atoms with Crippen molar-refractivity contribution in [2.45, 2.75) is 18.9 Å². The third kappa shape index (κ3) is 2.74. The largest absolute Gasteiger partial charge is 0.492 e. The Balaban J connectivity index is 1.74. The molecule has 2 aliphatic heterocycles. The van der Waals surface area contributed by atoms with E-state index in [-0.39, 0.29) is 18.6 Å². The molecular weight excluding hydrogens is 318 g/mol. The van der Waals surface area contributed by atoms with Gasteiger partial charge in [-0.1, -0.05) is 30.3 Å². The summed E-state index contributed by atoms with van der Waals surface area (Å²) in [5.74, 6) is 2.20. The number of nitrogens with zero attached hydrogens (tertiary/aromatic N) is 1. The zero-order valence-electron chi connectivity index (χ0n) is 14.5. The number of benzene rings is 2. The minimum absolute atomic E-state index is 0.0408. The summed E-state index contributed by atoms with van der Waals surface area (Å²) in [6, 6.07) is 11.4. The summed E-state index contributed by atoms with van der Waals surface area (Å²) in [7, 11) is 3.69. The molecule has 4 rings (SSSR count). The molecule has 0 radical (unpaired) electrons. The molecule has 0 unspecified atom stereocenters. The number of ketones is 1. The molecule has 0 bridgehead atoms. The summed E-state index contributed by atoms with van der Waals surface area (Å²) in [4.78, 5) is 15.0. The second-order valence-corrected chi connectivity index (χ2v) is 6.46. The van der Waals surface area contributed by atoms with E-state index in [0.717, 1.165) is 29.8 Å². The first-order valence-corrected chi connectivity index (χ1v) is 8.47. The number of rotatable bonds is 4. The predicted molar refractivity (Wildman–Crippen MR) is 93.6 cm³/mol. The minimum Gasteiger partial charge on any atom is -0.492 e. The van der Waals surface area contributed by atoms with Crippen molar-refractivity contribution in [1.29, 1.82) is 0 Å². The van der Waals surface area contributed by atoms with Crippen LogP contribution in [-0.4, -0.2) is 38.2 Å². The average molecular weight is 339 g/mol. The summed E-state index contributed by atoms with van der Waals surface area (Å²) in [6.07, 6.45) is 1.30. The standard InChI is InChI=1S/C20H21NO4/c1-21-9-8-14-10-17-19(25-12-24-17)20(23-2)18(14)15(21)11-16(22)13-6-4-3-5-7-13/h3-7,10,15H,8-9,11-12H2,1-2H3/t15-/m1/s1. The molecule has 2 aliphatic rings. The first-order chi connectivity index (χ1) is 12.2. The first-order valence-electron chi connectivity index (χ1n) is 8.47. The van der Waals surface area contributed by atoms with Crippen LogP contribution in [0.1, 0.15) is 33.9 Å². The predicted octanol–water partition coefficient (Wildman–Crippen LogP) is 3.23. The van der Waals surface area contributed by atoms with Gasteiger partial charge in [0.2, 0.25) is 12.5 Å². The monoisotopic (exact) mass is 339 g/mol. The Morgan fingerprint density at radius 1 is 1.28 bits per heavy atom. The summed E-state index contributed by atoms with van der Waals surface area (Å²) < 4.78 is 16.8. The molecule has 0 spiro atoms. The van der Waals surface area contributed by atoms with E-state index in [1.54, 1.807) is 7.11 Å². The normalized spacial score (nSPS) is 18.7. The summed E-state index contributed by atoms with van der Waals surface area (Å²) in [6.45, 7) is 1.10. The van der Waals surface area contributed by atoms with E-state index in [1.807, 2.05) is 36.4 Å². The smallest absolute Gasteiger partial charge is 0.231 e. The number of hydrogen-bond donors (Lipinski definition) is 0. The van der Waals surface area contributed by atoms with Gasteiger partial charge < -0.3 is 14.2 Å². The van der Waals surface area contributed by atoms with Crippen LogP contribution in [0.15, 0.2) is 36.4 Å². The Bertz CT molecular complexity index is 803. The maximum Gasteiger partial charge on any atom is 0.231 e. The van der Waals surface area contributed by atoms with Crippen LogP contribution in [0, 0.1) is 0 Å². The number of Topliss-reactive ketones (excluding diaryl/α,β-unsaturated/α-hetero) is 1. The maximum atomic E-state index is 12.8. The van der Waals surface area contributed by atoms with Crippen molar-refractivity contribution >= 4 is 5.78 Å². The molecule has 0 saturated carbocycles. The van der Waals surface area contributed by atoms with Gasteiger partial charge in [0.1, 0.15) is 0 Å². The van der Waals surface area contributed by atoms with Crippen LogP contribution in [0.25, 0.3) is 0 Å². The summed E-state index contributed by atoms with van der Waals surface area (Å²) in [5.41, 5.74) is 2.96. The van der Waals surface area contributed by atoms with Crippen molar-refractivity contribution in [1.82, 2.24) is 4.90 Å². The van der Waals surface area contributed by atoms with E-state index in [1.165, 1.54) is 5.56 Å². The van der Waals surface area contributed by atoms with E-state index >= 15 is 0 Å². The van der Waals surface area contributed by atoms with Gasteiger partial charge in [-0.25, -0.2) is 0 Å². The zero-order chi connectivity index (χ0) is 17.4. The lowest BCUT2D eigenvalue weighted by Crippen LogP contribution is -2.34. The molecule has 130 valence electrons. The van der Waals surface area contributed by atoms with Gasteiger partial charge in [0.15, 0.2) is 17.3 Å². The van der Waals surface area contributed by atoms with Crippen LogP contribution in [0.3, 0.4) is 0 Å². The number of ether oxygens (including phenoxy) is 3. The van der Waals surface area contributed by atoms with Crippen LogP contribution in [0.5, 0.6) is 17.2 Å². The number of carbonyl (C=O) groups is 1. The Morgan fingerprint density at radius 2 is 2.08 bits per heavy atom. The van der Waals surface area contributed by atoms with Crippen LogP contribution < -0.4 is 14.2 Å². The van der Waals surface area contributed by atoms with Crippen molar-refractivity contribution in [3.8, 4) is 17.2 Å². The van der Waals surface area contributed by atoms with E-state index in [4.69, 9.17) is 14.2 Å². The lowest BCUT2D eigenvalue weighted by atomic mass is 9.87. The van der Waals surface area contributed by atoms with Crippen LogP contribution in [-0.2, 0) is 6.42 Å². The van der Waals surface area contributed by atoms with E-state index < -0.39 is 0 Å². The number of fused-ring (bicyclic) bond motifs is 2. The topological polar surface area (TPSA) is 48.0 Å². The van der Waals surface area contributed by atoms with Gasteiger partial charge in [-0.15, -0.1) is 0 Å². The highest BCUT2D eigenvalue weighted by Crippen LogP contribution is 2.50. The van der Waals surface area contributed by atoms with Gasteiger partial charge in [-0.2, -0.15) is 0 Å². The molecule has 1 atom stereocenters. The van der Waals surface area contributed by atoms with E-state index in [9.17, 15) is 4.79 Å². The third-order valence-electron chi connectivity index (χ3n) is 5.02. The van der Waals surface area contributed by atoms with Crippen LogP contribution in [0.4, 0.5) is 0 Å². The molecule has 0 aliphatic carbocycles. The van der Waals surface area contributed by atoms with Crippen molar-refractivity contribution in [2.75, 3.05) is 27.5 Å². The molecule has 0 amide bonds. The zero-order valence-corrected chi connectivity index (χ0v) is 14.5. The SMILES string of the molecule is COc1c2c(cc3c1[C@@H](CC(=O)c1ccccc1)N(C)CC3)OCO2. The van der Waals surface area contributed by atoms with Crippen molar-refractivity contribution in [3.63, 3.8) is 0 Å². The molecule has 0 aromatic heterocycles. The van der Waals surface area contributed by atoms with Gasteiger partial charge in [0.25, 0.3) is 0 Å². The lowest BCUT2D eigenvalue weighted by molar-refractivity contribution is 0.0925. The highest BCUT2D eigenvalue weighted by atomic mass is 16.7. The summed E-state index contributed by atoms with van der Waals surface area (Å²) in [5, 5.41) is 0. The van der Waals surface area contributed by atoms with Gasteiger partial charge in [-0.05, 0) is 25.1 Å². The first kappa shape index (κ1) is 16.0. The minimum atomic E-state index is -0.0408. The molecule has 0 N–H and O–H groups in total. The third-order valence-corrected chi connectivity index (χ3v) is 5.02. The lowest BCUT2D eigenvalue weighted by Gasteiger charge is -2.35. The fourth-order valence-electron chi connectivity index (χ4n) is 3.70.